The van der Waals surface area contributed by atoms with Gasteiger partial charge >= 0.3 is 0 Å². The summed E-state index contributed by atoms with van der Waals surface area (Å²) in [5, 5.41) is 10.3. The number of fused-ring (bicyclic) bond motifs is 2. The van der Waals surface area contributed by atoms with Crippen molar-refractivity contribution in [3.63, 3.8) is 0 Å². The second kappa shape index (κ2) is 7.84. The van der Waals surface area contributed by atoms with Crippen molar-refractivity contribution in [2.24, 2.45) is 16.7 Å². The maximum atomic E-state index is 10.3. The molecule has 23 heavy (non-hydrogen) atoms. The fourth-order valence-electron chi connectivity index (χ4n) is 5.04. The Balaban J connectivity index is 1.73. The van der Waals surface area contributed by atoms with Crippen LogP contribution in [0.1, 0.15) is 73.1 Å². The topological polar surface area (TPSA) is 32.7 Å². The summed E-state index contributed by atoms with van der Waals surface area (Å²) in [5.41, 5.74) is 0.744. The van der Waals surface area contributed by atoms with Crippen LogP contribution in [0.3, 0.4) is 0 Å². The number of rotatable bonds is 10. The lowest BCUT2D eigenvalue weighted by Gasteiger charge is -2.39. The van der Waals surface area contributed by atoms with E-state index in [0.717, 1.165) is 44.8 Å². The van der Waals surface area contributed by atoms with Crippen LogP contribution < -0.4 is 0 Å². The molecular weight excluding hydrogens is 286 g/mol. The van der Waals surface area contributed by atoms with Gasteiger partial charge in [0.05, 0.1) is 12.2 Å². The van der Waals surface area contributed by atoms with E-state index in [2.05, 4.69) is 39.5 Å². The van der Waals surface area contributed by atoms with Crippen molar-refractivity contribution in [2.75, 3.05) is 26.2 Å². The molecule has 0 radical (unpaired) electrons. The lowest BCUT2D eigenvalue weighted by molar-refractivity contribution is -0.0564. The summed E-state index contributed by atoms with van der Waals surface area (Å²) < 4.78 is 6.27. The summed E-state index contributed by atoms with van der Waals surface area (Å²) in [6.45, 7) is 15.4. The first-order valence-corrected chi connectivity index (χ1v) is 9.87. The number of hydrogen-bond acceptors (Lipinski definition) is 3. The van der Waals surface area contributed by atoms with Gasteiger partial charge in [0, 0.05) is 13.2 Å². The Hall–Kier alpha value is -0.120. The maximum absolute atomic E-state index is 10.3. The summed E-state index contributed by atoms with van der Waals surface area (Å²) in [4.78, 5) is 2.38. The minimum atomic E-state index is -0.257. The monoisotopic (exact) mass is 325 g/mol. The second-order valence-corrected chi connectivity index (χ2v) is 8.71. The van der Waals surface area contributed by atoms with Crippen LogP contribution in [0.15, 0.2) is 0 Å². The fraction of sp³-hybridized carbons (Fsp3) is 1.00. The minimum absolute atomic E-state index is 0.257. The molecule has 0 aromatic rings. The van der Waals surface area contributed by atoms with Crippen molar-refractivity contribution < 1.29 is 9.84 Å². The lowest BCUT2D eigenvalue weighted by Crippen LogP contribution is -2.38. The first-order chi connectivity index (χ1) is 10.8. The molecule has 0 heterocycles. The van der Waals surface area contributed by atoms with E-state index in [1.165, 1.54) is 19.3 Å². The van der Waals surface area contributed by atoms with Crippen LogP contribution in [0.4, 0.5) is 0 Å². The summed E-state index contributed by atoms with van der Waals surface area (Å²) >= 11 is 0. The molecule has 136 valence electrons. The van der Waals surface area contributed by atoms with Gasteiger partial charge < -0.3 is 14.7 Å². The highest BCUT2D eigenvalue weighted by Gasteiger charge is 2.61. The maximum Gasteiger partial charge on any atom is 0.0689 e. The average Bonchev–Trinajstić information content (AvgIpc) is 2.81. The zero-order valence-electron chi connectivity index (χ0n) is 16.1. The highest BCUT2D eigenvalue weighted by atomic mass is 16.5. The van der Waals surface area contributed by atoms with Crippen LogP contribution in [0.2, 0.25) is 0 Å². The summed E-state index contributed by atoms with van der Waals surface area (Å²) in [6, 6.07) is 0. The van der Waals surface area contributed by atoms with Crippen LogP contribution in [0.5, 0.6) is 0 Å². The predicted molar refractivity (Wildman–Crippen MR) is 96.6 cm³/mol. The quantitative estimate of drug-likeness (QED) is 0.656. The number of aliphatic hydroxyl groups excluding tert-OH is 1. The number of aliphatic hydroxyl groups is 1. The molecule has 0 amide bonds. The van der Waals surface area contributed by atoms with E-state index in [1.54, 1.807) is 0 Å². The van der Waals surface area contributed by atoms with Gasteiger partial charge in [-0.3, -0.25) is 0 Å². The van der Waals surface area contributed by atoms with Crippen LogP contribution in [0, 0.1) is 16.7 Å². The number of nitrogens with zero attached hydrogens (tertiary/aromatic N) is 1. The van der Waals surface area contributed by atoms with Gasteiger partial charge in [-0.05, 0) is 68.4 Å². The minimum Gasteiger partial charge on any atom is -0.392 e. The van der Waals surface area contributed by atoms with Crippen molar-refractivity contribution in [3.05, 3.63) is 0 Å². The smallest absolute Gasteiger partial charge is 0.0689 e. The Morgan fingerprint density at radius 1 is 1.17 bits per heavy atom. The molecule has 0 aliphatic heterocycles. The molecule has 0 spiro atoms. The Morgan fingerprint density at radius 2 is 1.83 bits per heavy atom. The standard InChI is InChI=1S/C20H39NO2/c1-6-11-21(12-7-2)15-17(22)9-13-23-18-14-16-8-10-20(18,5)19(16,3)4/h16-18,22H,6-15H2,1-5H3/t16-,17-,18-,20-/m0/s1. The Kier molecular flexibility index (Phi) is 6.55. The first-order valence-electron chi connectivity index (χ1n) is 9.87. The van der Waals surface area contributed by atoms with E-state index in [0.29, 0.717) is 23.5 Å². The molecule has 2 aliphatic rings. The Labute approximate surface area is 143 Å². The van der Waals surface area contributed by atoms with Crippen molar-refractivity contribution in [2.45, 2.75) is 85.4 Å². The molecule has 1 N–H and O–H groups in total. The number of hydrogen-bond donors (Lipinski definition) is 1. The molecule has 0 unspecified atom stereocenters. The van der Waals surface area contributed by atoms with Gasteiger partial charge in [0.15, 0.2) is 0 Å². The highest BCUT2D eigenvalue weighted by Crippen LogP contribution is 2.66. The van der Waals surface area contributed by atoms with Crippen LogP contribution >= 0.6 is 0 Å². The molecule has 2 bridgehead atoms. The molecular formula is C20H39NO2. The molecule has 2 rings (SSSR count). The molecule has 2 saturated carbocycles. The number of ether oxygens (including phenoxy) is 1. The first kappa shape index (κ1) is 19.2. The van der Waals surface area contributed by atoms with Gasteiger partial charge in [0.25, 0.3) is 0 Å². The molecule has 4 atom stereocenters. The third kappa shape index (κ3) is 3.93. The van der Waals surface area contributed by atoms with Crippen LogP contribution in [0.25, 0.3) is 0 Å². The van der Waals surface area contributed by atoms with Crippen molar-refractivity contribution in [3.8, 4) is 0 Å². The molecule has 3 heteroatoms. The lowest BCUT2D eigenvalue weighted by atomic mass is 9.70. The van der Waals surface area contributed by atoms with Crippen molar-refractivity contribution >= 4 is 0 Å². The van der Waals surface area contributed by atoms with E-state index >= 15 is 0 Å². The Morgan fingerprint density at radius 3 is 2.30 bits per heavy atom. The van der Waals surface area contributed by atoms with Crippen molar-refractivity contribution in [1.29, 1.82) is 0 Å². The summed E-state index contributed by atoms with van der Waals surface area (Å²) in [6.07, 6.45) is 7.10. The summed E-state index contributed by atoms with van der Waals surface area (Å²) in [5.74, 6) is 0.826. The normalized spacial score (nSPS) is 33.5. The zero-order chi connectivity index (χ0) is 17.1. The molecule has 3 nitrogen and oxygen atoms in total. The third-order valence-corrected chi connectivity index (χ3v) is 7.03. The molecule has 2 aliphatic carbocycles. The zero-order valence-corrected chi connectivity index (χ0v) is 16.1. The van der Waals surface area contributed by atoms with Crippen molar-refractivity contribution in [1.82, 2.24) is 4.90 Å². The second-order valence-electron chi connectivity index (χ2n) is 8.71. The largest absolute Gasteiger partial charge is 0.392 e. The van der Waals surface area contributed by atoms with E-state index in [9.17, 15) is 5.11 Å². The van der Waals surface area contributed by atoms with Gasteiger partial charge in [-0.25, -0.2) is 0 Å². The summed E-state index contributed by atoms with van der Waals surface area (Å²) in [7, 11) is 0. The third-order valence-electron chi connectivity index (χ3n) is 7.03. The average molecular weight is 326 g/mol. The molecule has 2 fully saturated rings. The van der Waals surface area contributed by atoms with Gasteiger partial charge in [-0.2, -0.15) is 0 Å². The van der Waals surface area contributed by atoms with Gasteiger partial charge in [-0.15, -0.1) is 0 Å². The fourth-order valence-corrected chi connectivity index (χ4v) is 5.04. The van der Waals surface area contributed by atoms with Gasteiger partial charge in [-0.1, -0.05) is 34.6 Å². The van der Waals surface area contributed by atoms with E-state index in [4.69, 9.17) is 4.74 Å². The molecule has 0 aromatic heterocycles. The predicted octanol–water partition coefficient (Wildman–Crippen LogP) is 4.09. The van der Waals surface area contributed by atoms with Crippen LogP contribution in [-0.4, -0.2) is 48.5 Å². The van der Waals surface area contributed by atoms with Gasteiger partial charge in [0.2, 0.25) is 0 Å². The molecule has 0 saturated heterocycles. The van der Waals surface area contributed by atoms with E-state index < -0.39 is 0 Å². The highest BCUT2D eigenvalue weighted by molar-refractivity contribution is 5.11. The van der Waals surface area contributed by atoms with Crippen LogP contribution in [-0.2, 0) is 4.74 Å². The van der Waals surface area contributed by atoms with E-state index in [-0.39, 0.29) is 6.10 Å². The SMILES string of the molecule is CCCN(CCC)C[C@@H](O)CCO[C@H]1C[C@@H]2CC[C@]1(C)C2(C)C. The van der Waals surface area contributed by atoms with E-state index in [1.807, 2.05) is 0 Å². The molecule has 0 aromatic carbocycles. The van der Waals surface area contributed by atoms with Gasteiger partial charge in [0.1, 0.15) is 0 Å². The Bertz CT molecular complexity index is 365.